The number of hydrogen-bond acceptors (Lipinski definition) is 2. The first kappa shape index (κ1) is 11.5. The Morgan fingerprint density at radius 1 is 1.29 bits per heavy atom. The Morgan fingerprint density at radius 3 is 2.07 bits per heavy atom. The molecule has 1 aliphatic rings. The molecule has 14 heavy (non-hydrogen) atoms. The van der Waals surface area contributed by atoms with E-state index in [-0.39, 0.29) is 23.5 Å². The van der Waals surface area contributed by atoms with Crippen LogP contribution in [0, 0.1) is 5.41 Å². The summed E-state index contributed by atoms with van der Waals surface area (Å²) in [7, 11) is 0. The fourth-order valence-electron chi connectivity index (χ4n) is 1.67. The normalized spacial score (nSPS) is 26.1. The van der Waals surface area contributed by atoms with Gasteiger partial charge in [0.1, 0.15) is 0 Å². The molecule has 82 valence electrons. The molecule has 0 N–H and O–H groups in total. The molecule has 1 aliphatic heterocycles. The molecule has 0 radical (unpaired) electrons. The number of amides is 1. The third-order valence-corrected chi connectivity index (χ3v) is 2.66. The van der Waals surface area contributed by atoms with Crippen LogP contribution in [0.15, 0.2) is 0 Å². The lowest BCUT2D eigenvalue weighted by molar-refractivity contribution is -0.132. The van der Waals surface area contributed by atoms with Crippen LogP contribution in [0.25, 0.3) is 0 Å². The first-order valence-corrected chi connectivity index (χ1v) is 5.36. The molecule has 0 saturated carbocycles. The molecule has 2 atom stereocenters. The second-order valence-electron chi connectivity index (χ2n) is 4.85. The van der Waals surface area contributed by atoms with Crippen molar-refractivity contribution in [2.75, 3.05) is 13.1 Å². The minimum Gasteiger partial charge on any atom is -0.359 e. The molecule has 1 amide bonds. The van der Waals surface area contributed by atoms with Crippen molar-refractivity contribution in [2.45, 2.75) is 46.8 Å². The van der Waals surface area contributed by atoms with E-state index in [0.717, 1.165) is 13.1 Å². The van der Waals surface area contributed by atoms with Crippen LogP contribution >= 0.6 is 0 Å². The van der Waals surface area contributed by atoms with Crippen LogP contribution in [0.1, 0.15) is 34.6 Å². The Morgan fingerprint density at radius 2 is 1.79 bits per heavy atom. The molecule has 2 unspecified atom stereocenters. The van der Waals surface area contributed by atoms with Gasteiger partial charge in [-0.1, -0.05) is 20.8 Å². The summed E-state index contributed by atoms with van der Waals surface area (Å²) >= 11 is 0. The Labute approximate surface area is 86.4 Å². The molecule has 0 spiro atoms. The van der Waals surface area contributed by atoms with E-state index >= 15 is 0 Å². The molecular weight excluding hydrogens is 178 g/mol. The van der Waals surface area contributed by atoms with Gasteiger partial charge in [0.05, 0.1) is 6.10 Å². The molecule has 1 saturated heterocycles. The molecule has 1 rings (SSSR count). The topological polar surface area (TPSA) is 32.8 Å². The van der Waals surface area contributed by atoms with Crippen molar-refractivity contribution in [1.82, 2.24) is 4.90 Å². The highest BCUT2D eigenvalue weighted by molar-refractivity contribution is 5.83. The lowest BCUT2D eigenvalue weighted by Crippen LogP contribution is -2.36. The number of carbonyl (C=O) groups excluding carboxylic acids is 1. The number of carbonyl (C=O) groups is 1. The Hall–Kier alpha value is -0.570. The van der Waals surface area contributed by atoms with Gasteiger partial charge in [-0.05, 0) is 19.3 Å². The summed E-state index contributed by atoms with van der Waals surface area (Å²) in [5.41, 5.74) is 0.0769. The van der Waals surface area contributed by atoms with Crippen LogP contribution in [0.4, 0.5) is 0 Å². The van der Waals surface area contributed by atoms with E-state index in [0.29, 0.717) is 0 Å². The van der Waals surface area contributed by atoms with E-state index < -0.39 is 0 Å². The summed E-state index contributed by atoms with van der Waals surface area (Å²) in [6.07, 6.45) is -0.0782. The average molecular weight is 199 g/mol. The lowest BCUT2D eigenvalue weighted by Gasteiger charge is -2.19. The maximum atomic E-state index is 11.8. The van der Waals surface area contributed by atoms with Crippen LogP contribution in [0.2, 0.25) is 0 Å². The van der Waals surface area contributed by atoms with Crippen LogP contribution in [0.3, 0.4) is 0 Å². The van der Waals surface area contributed by atoms with Crippen molar-refractivity contribution >= 4 is 5.91 Å². The average Bonchev–Trinajstić information content (AvgIpc) is 2.83. The summed E-state index contributed by atoms with van der Waals surface area (Å²) in [5, 5.41) is 0. The minimum atomic E-state index is -0.185. The molecular formula is C11H21NO2. The van der Waals surface area contributed by atoms with Gasteiger partial charge >= 0.3 is 0 Å². The maximum Gasteiger partial charge on any atom is 0.254 e. The molecule has 1 fully saturated rings. The predicted molar refractivity (Wildman–Crippen MR) is 56.0 cm³/mol. The van der Waals surface area contributed by atoms with Crippen molar-refractivity contribution in [1.29, 1.82) is 0 Å². The van der Waals surface area contributed by atoms with E-state index in [4.69, 9.17) is 4.74 Å². The Bertz CT molecular complexity index is 216. The van der Waals surface area contributed by atoms with Gasteiger partial charge in [-0.25, -0.2) is 0 Å². The quantitative estimate of drug-likeness (QED) is 0.648. The molecule has 0 aromatic carbocycles. The number of rotatable bonds is 3. The third-order valence-electron chi connectivity index (χ3n) is 2.66. The zero-order valence-corrected chi connectivity index (χ0v) is 9.83. The summed E-state index contributed by atoms with van der Waals surface area (Å²) < 4.78 is 5.44. The van der Waals surface area contributed by atoms with Gasteiger partial charge in [-0.3, -0.25) is 4.79 Å². The fourth-order valence-corrected chi connectivity index (χ4v) is 1.67. The van der Waals surface area contributed by atoms with Gasteiger partial charge in [0, 0.05) is 13.1 Å². The van der Waals surface area contributed by atoms with Gasteiger partial charge in [0.15, 0.2) is 6.10 Å². The van der Waals surface area contributed by atoms with Crippen LogP contribution < -0.4 is 0 Å². The van der Waals surface area contributed by atoms with Crippen molar-refractivity contribution in [3.05, 3.63) is 0 Å². The van der Waals surface area contributed by atoms with E-state index in [1.54, 1.807) is 0 Å². The molecule has 0 bridgehead atoms. The van der Waals surface area contributed by atoms with E-state index in [1.165, 1.54) is 0 Å². The summed E-state index contributed by atoms with van der Waals surface area (Å²) in [6, 6.07) is 0. The van der Waals surface area contributed by atoms with Crippen LogP contribution in [-0.2, 0) is 9.53 Å². The molecule has 0 aromatic heterocycles. The number of nitrogens with zero attached hydrogens (tertiary/aromatic N) is 1. The van der Waals surface area contributed by atoms with Gasteiger partial charge in [0.25, 0.3) is 5.91 Å². The van der Waals surface area contributed by atoms with Gasteiger partial charge in [-0.2, -0.15) is 0 Å². The largest absolute Gasteiger partial charge is 0.359 e. The van der Waals surface area contributed by atoms with Gasteiger partial charge in [0.2, 0.25) is 0 Å². The van der Waals surface area contributed by atoms with Gasteiger partial charge in [-0.15, -0.1) is 0 Å². The Kier molecular flexibility index (Phi) is 3.20. The van der Waals surface area contributed by atoms with E-state index in [2.05, 4.69) is 20.8 Å². The van der Waals surface area contributed by atoms with Crippen LogP contribution in [0.5, 0.6) is 0 Å². The van der Waals surface area contributed by atoms with Gasteiger partial charge < -0.3 is 9.64 Å². The number of ether oxygens (including phenoxy) is 1. The fraction of sp³-hybridized carbons (Fsp3) is 0.909. The number of epoxide rings is 1. The summed E-state index contributed by atoms with van der Waals surface area (Å²) in [6.45, 7) is 11.8. The SMILES string of the molecule is CCN(CC)C(=O)C1OC1C(C)(C)C. The highest BCUT2D eigenvalue weighted by atomic mass is 16.6. The highest BCUT2D eigenvalue weighted by Gasteiger charge is 2.52. The highest BCUT2D eigenvalue weighted by Crippen LogP contribution is 2.38. The molecule has 3 heteroatoms. The first-order chi connectivity index (χ1) is 6.41. The van der Waals surface area contributed by atoms with Crippen molar-refractivity contribution in [3.63, 3.8) is 0 Å². The van der Waals surface area contributed by atoms with E-state index in [1.807, 2.05) is 18.7 Å². The monoisotopic (exact) mass is 199 g/mol. The maximum absolute atomic E-state index is 11.8. The van der Waals surface area contributed by atoms with Crippen molar-refractivity contribution in [3.8, 4) is 0 Å². The number of likely N-dealkylation sites (N-methyl/N-ethyl adjacent to an activating group) is 1. The lowest BCUT2D eigenvalue weighted by atomic mass is 9.90. The number of hydrogen-bond donors (Lipinski definition) is 0. The second kappa shape index (κ2) is 3.89. The van der Waals surface area contributed by atoms with Crippen molar-refractivity contribution in [2.24, 2.45) is 5.41 Å². The zero-order chi connectivity index (χ0) is 10.9. The predicted octanol–water partition coefficient (Wildman–Crippen LogP) is 1.67. The summed E-state index contributed by atoms with van der Waals surface area (Å²) in [5.74, 6) is 0.148. The summed E-state index contributed by atoms with van der Waals surface area (Å²) in [4.78, 5) is 13.7. The van der Waals surface area contributed by atoms with Crippen molar-refractivity contribution < 1.29 is 9.53 Å². The smallest absolute Gasteiger partial charge is 0.254 e. The molecule has 0 aromatic rings. The molecule has 0 aliphatic carbocycles. The second-order valence-corrected chi connectivity index (χ2v) is 4.85. The minimum absolute atomic E-state index is 0.0769. The molecule has 1 heterocycles. The van der Waals surface area contributed by atoms with Crippen LogP contribution in [-0.4, -0.2) is 36.1 Å². The van der Waals surface area contributed by atoms with E-state index in [9.17, 15) is 4.79 Å². The Balaban J connectivity index is 2.51. The first-order valence-electron chi connectivity index (χ1n) is 5.36. The molecule has 3 nitrogen and oxygen atoms in total. The standard InChI is InChI=1S/C11H21NO2/c1-6-12(7-2)10(13)8-9(14-8)11(3,4)5/h8-9H,6-7H2,1-5H3. The third kappa shape index (κ3) is 2.27. The zero-order valence-electron chi connectivity index (χ0n) is 9.83.